The van der Waals surface area contributed by atoms with Gasteiger partial charge in [-0.15, -0.1) is 0 Å². The Morgan fingerprint density at radius 3 is 2.68 bits per heavy atom. The third-order valence-electron chi connectivity index (χ3n) is 2.85. The number of fused-ring (bicyclic) bond motifs is 1. The van der Waals surface area contributed by atoms with Crippen molar-refractivity contribution >= 4 is 22.5 Å². The zero-order chi connectivity index (χ0) is 16.5. The summed E-state index contributed by atoms with van der Waals surface area (Å²) in [5, 5.41) is 13.6. The maximum absolute atomic E-state index is 12.3. The minimum Gasteiger partial charge on any atom is -0.350 e. The molecule has 1 aromatic carbocycles. The number of non-ortho nitro benzene ring substituents is 1. The number of carbonyl (C=O) groups is 1. The SMILES string of the molecule is CC(C)(C)NC(=O)Cn1cnc2ccc([N+](=O)[O-])cc2c1=O. The van der Waals surface area contributed by atoms with Crippen molar-refractivity contribution in [1.29, 1.82) is 0 Å². The summed E-state index contributed by atoms with van der Waals surface area (Å²) in [4.78, 5) is 38.5. The Morgan fingerprint density at radius 1 is 1.41 bits per heavy atom. The Kier molecular flexibility index (Phi) is 3.94. The molecule has 0 aliphatic carbocycles. The van der Waals surface area contributed by atoms with Gasteiger partial charge in [-0.25, -0.2) is 4.98 Å². The molecule has 1 heterocycles. The van der Waals surface area contributed by atoms with E-state index in [1.807, 2.05) is 20.8 Å². The van der Waals surface area contributed by atoms with Crippen LogP contribution in [0.25, 0.3) is 10.9 Å². The highest BCUT2D eigenvalue weighted by Crippen LogP contribution is 2.16. The summed E-state index contributed by atoms with van der Waals surface area (Å²) < 4.78 is 1.13. The van der Waals surface area contributed by atoms with Crippen LogP contribution >= 0.6 is 0 Å². The fraction of sp³-hybridized carbons (Fsp3) is 0.357. The van der Waals surface area contributed by atoms with Crippen LogP contribution in [0.4, 0.5) is 5.69 Å². The largest absolute Gasteiger partial charge is 0.350 e. The second-order valence-electron chi connectivity index (χ2n) is 5.93. The van der Waals surface area contributed by atoms with Gasteiger partial charge < -0.3 is 5.32 Å². The van der Waals surface area contributed by atoms with Crippen molar-refractivity contribution in [2.24, 2.45) is 0 Å². The van der Waals surface area contributed by atoms with Gasteiger partial charge in [-0.3, -0.25) is 24.3 Å². The van der Waals surface area contributed by atoms with Crippen molar-refractivity contribution in [3.05, 3.63) is 45.0 Å². The molecule has 0 unspecified atom stereocenters. The van der Waals surface area contributed by atoms with Crippen LogP contribution in [-0.4, -0.2) is 25.9 Å². The lowest BCUT2D eigenvalue weighted by Gasteiger charge is -2.20. The van der Waals surface area contributed by atoms with E-state index in [0.29, 0.717) is 5.52 Å². The molecule has 0 fully saturated rings. The lowest BCUT2D eigenvalue weighted by atomic mass is 10.1. The van der Waals surface area contributed by atoms with Crippen molar-refractivity contribution in [2.75, 3.05) is 0 Å². The van der Waals surface area contributed by atoms with E-state index in [0.717, 1.165) is 4.57 Å². The van der Waals surface area contributed by atoms with E-state index in [-0.39, 0.29) is 23.5 Å². The highest BCUT2D eigenvalue weighted by Gasteiger charge is 2.16. The van der Waals surface area contributed by atoms with E-state index in [1.165, 1.54) is 24.5 Å². The van der Waals surface area contributed by atoms with E-state index in [4.69, 9.17) is 0 Å². The molecule has 0 saturated heterocycles. The number of amides is 1. The quantitative estimate of drug-likeness (QED) is 0.677. The van der Waals surface area contributed by atoms with Crippen LogP contribution in [0, 0.1) is 10.1 Å². The number of nitro groups is 1. The fourth-order valence-corrected chi connectivity index (χ4v) is 1.99. The van der Waals surface area contributed by atoms with Gasteiger partial charge in [-0.1, -0.05) is 0 Å². The monoisotopic (exact) mass is 304 g/mol. The average molecular weight is 304 g/mol. The lowest BCUT2D eigenvalue weighted by Crippen LogP contribution is -2.43. The third kappa shape index (κ3) is 3.46. The van der Waals surface area contributed by atoms with Crippen LogP contribution in [0.5, 0.6) is 0 Å². The van der Waals surface area contributed by atoms with Crippen LogP contribution in [0.2, 0.25) is 0 Å². The summed E-state index contributed by atoms with van der Waals surface area (Å²) >= 11 is 0. The second-order valence-corrected chi connectivity index (χ2v) is 5.93. The minimum absolute atomic E-state index is 0.111. The van der Waals surface area contributed by atoms with Crippen LogP contribution in [0.1, 0.15) is 20.8 Å². The topological polar surface area (TPSA) is 107 Å². The molecule has 0 saturated carbocycles. The van der Waals surface area contributed by atoms with Crippen molar-refractivity contribution in [3.63, 3.8) is 0 Å². The standard InChI is InChI=1S/C14H16N4O4/c1-14(2,3)16-12(19)7-17-8-15-11-5-4-9(18(21)22)6-10(11)13(17)20/h4-6,8H,7H2,1-3H3,(H,16,19). The molecular weight excluding hydrogens is 288 g/mol. The molecule has 1 amide bonds. The highest BCUT2D eigenvalue weighted by molar-refractivity contribution is 5.81. The van der Waals surface area contributed by atoms with E-state index < -0.39 is 16.0 Å². The Bertz CT molecular complexity index is 805. The van der Waals surface area contributed by atoms with Gasteiger partial charge in [0.25, 0.3) is 11.2 Å². The maximum atomic E-state index is 12.3. The average Bonchev–Trinajstić information content (AvgIpc) is 2.39. The summed E-state index contributed by atoms with van der Waals surface area (Å²) in [6.07, 6.45) is 1.26. The summed E-state index contributed by atoms with van der Waals surface area (Å²) in [6, 6.07) is 3.86. The second kappa shape index (κ2) is 5.55. The van der Waals surface area contributed by atoms with Crippen LogP contribution < -0.4 is 10.9 Å². The van der Waals surface area contributed by atoms with Gasteiger partial charge in [-0.05, 0) is 26.8 Å². The first-order valence-corrected chi connectivity index (χ1v) is 6.62. The number of nitro benzene ring substituents is 1. The predicted molar refractivity (Wildman–Crippen MR) is 80.6 cm³/mol. The Hall–Kier alpha value is -2.77. The molecule has 8 heteroatoms. The summed E-state index contributed by atoms with van der Waals surface area (Å²) in [7, 11) is 0. The van der Waals surface area contributed by atoms with Gasteiger partial charge >= 0.3 is 0 Å². The Morgan fingerprint density at radius 2 is 2.09 bits per heavy atom. The Balaban J connectivity index is 2.40. The first-order valence-electron chi connectivity index (χ1n) is 6.62. The summed E-state index contributed by atoms with van der Waals surface area (Å²) in [5.41, 5.74) is -0.742. The van der Waals surface area contributed by atoms with Crippen LogP contribution in [0.3, 0.4) is 0 Å². The zero-order valence-corrected chi connectivity index (χ0v) is 12.5. The van der Waals surface area contributed by atoms with Crippen LogP contribution in [-0.2, 0) is 11.3 Å². The molecular formula is C14H16N4O4. The van der Waals surface area contributed by atoms with Crippen molar-refractivity contribution in [2.45, 2.75) is 32.9 Å². The molecule has 2 aromatic rings. The van der Waals surface area contributed by atoms with Crippen molar-refractivity contribution < 1.29 is 9.72 Å². The molecule has 0 bridgehead atoms. The summed E-state index contributed by atoms with van der Waals surface area (Å²) in [5.74, 6) is -0.332. The molecule has 1 aromatic heterocycles. The van der Waals surface area contributed by atoms with Gasteiger partial charge in [-0.2, -0.15) is 0 Å². The lowest BCUT2D eigenvalue weighted by molar-refractivity contribution is -0.384. The molecule has 0 aliphatic rings. The number of nitrogens with zero attached hydrogens (tertiary/aromatic N) is 3. The van der Waals surface area contributed by atoms with Gasteiger partial charge in [0.1, 0.15) is 6.54 Å². The Labute approximate surface area is 125 Å². The number of aromatic nitrogens is 2. The van der Waals surface area contributed by atoms with Gasteiger partial charge in [0.05, 0.1) is 22.2 Å². The third-order valence-corrected chi connectivity index (χ3v) is 2.85. The number of benzene rings is 1. The normalized spacial score (nSPS) is 11.4. The van der Waals surface area contributed by atoms with Crippen molar-refractivity contribution in [1.82, 2.24) is 14.9 Å². The molecule has 0 aliphatic heterocycles. The molecule has 8 nitrogen and oxygen atoms in total. The number of carbonyl (C=O) groups excluding carboxylic acids is 1. The van der Waals surface area contributed by atoms with E-state index >= 15 is 0 Å². The molecule has 0 radical (unpaired) electrons. The van der Waals surface area contributed by atoms with Gasteiger partial charge in [0.2, 0.25) is 5.91 Å². The first kappa shape index (κ1) is 15.6. The van der Waals surface area contributed by atoms with Gasteiger partial charge in [0, 0.05) is 17.7 Å². The van der Waals surface area contributed by atoms with E-state index in [9.17, 15) is 19.7 Å². The van der Waals surface area contributed by atoms with E-state index in [1.54, 1.807) is 0 Å². The molecule has 0 atom stereocenters. The molecule has 22 heavy (non-hydrogen) atoms. The molecule has 2 rings (SSSR count). The first-order chi connectivity index (χ1) is 10.2. The zero-order valence-electron chi connectivity index (χ0n) is 12.5. The maximum Gasteiger partial charge on any atom is 0.270 e. The molecule has 1 N–H and O–H groups in total. The predicted octanol–water partition coefficient (Wildman–Crippen LogP) is 1.22. The smallest absolute Gasteiger partial charge is 0.270 e. The molecule has 0 spiro atoms. The summed E-state index contributed by atoms with van der Waals surface area (Å²) in [6.45, 7) is 5.29. The van der Waals surface area contributed by atoms with Crippen molar-refractivity contribution in [3.8, 4) is 0 Å². The van der Waals surface area contributed by atoms with E-state index in [2.05, 4.69) is 10.3 Å². The highest BCUT2D eigenvalue weighted by atomic mass is 16.6. The number of hydrogen-bond acceptors (Lipinski definition) is 5. The number of hydrogen-bond donors (Lipinski definition) is 1. The fourth-order valence-electron chi connectivity index (χ4n) is 1.99. The van der Waals surface area contributed by atoms with Gasteiger partial charge in [0.15, 0.2) is 0 Å². The molecule has 116 valence electrons. The van der Waals surface area contributed by atoms with Crippen LogP contribution in [0.15, 0.2) is 29.3 Å². The minimum atomic E-state index is -0.581. The number of nitrogens with one attached hydrogen (secondary N) is 1. The number of rotatable bonds is 3.